The molecular formula is C15H16F2N2O. The molecule has 1 aromatic carbocycles. The molecule has 106 valence electrons. The van der Waals surface area contributed by atoms with Crippen LogP contribution in [-0.2, 0) is 0 Å². The summed E-state index contributed by atoms with van der Waals surface area (Å²) in [6.07, 6.45) is 3.44. The van der Waals surface area contributed by atoms with E-state index >= 15 is 0 Å². The Balaban J connectivity index is 2.11. The van der Waals surface area contributed by atoms with Crippen molar-refractivity contribution in [2.75, 3.05) is 0 Å². The van der Waals surface area contributed by atoms with Crippen LogP contribution in [0, 0.1) is 0 Å². The second-order valence-electron chi connectivity index (χ2n) is 4.54. The summed E-state index contributed by atoms with van der Waals surface area (Å²) in [5, 5.41) is 0. The Hall–Kier alpha value is -2.01. The number of alkyl halides is 2. The van der Waals surface area contributed by atoms with E-state index in [0.29, 0.717) is 0 Å². The zero-order valence-corrected chi connectivity index (χ0v) is 11.0. The molecule has 0 aliphatic heterocycles. The molecule has 0 amide bonds. The molecule has 0 aliphatic carbocycles. The smallest absolute Gasteiger partial charge is 0.387 e. The van der Waals surface area contributed by atoms with Gasteiger partial charge in [0.1, 0.15) is 5.75 Å². The van der Waals surface area contributed by atoms with Crippen LogP contribution in [0.4, 0.5) is 8.78 Å². The maximum atomic E-state index is 12.1. The number of hydrogen-bond donors (Lipinski definition) is 1. The summed E-state index contributed by atoms with van der Waals surface area (Å²) in [6.45, 7) is -0.797. The zero-order valence-electron chi connectivity index (χ0n) is 11.0. The minimum atomic E-state index is -2.81. The van der Waals surface area contributed by atoms with Crippen LogP contribution in [0.3, 0.4) is 0 Å². The van der Waals surface area contributed by atoms with Crippen molar-refractivity contribution in [2.45, 2.75) is 25.5 Å². The van der Waals surface area contributed by atoms with Gasteiger partial charge < -0.3 is 10.5 Å². The van der Waals surface area contributed by atoms with Crippen molar-refractivity contribution in [3.63, 3.8) is 0 Å². The highest BCUT2D eigenvalue weighted by molar-refractivity contribution is 5.31. The van der Waals surface area contributed by atoms with Gasteiger partial charge in [0.15, 0.2) is 0 Å². The summed E-state index contributed by atoms with van der Waals surface area (Å²) in [5.74, 6) is 0.229. The molecule has 0 fully saturated rings. The third-order valence-electron chi connectivity index (χ3n) is 3.26. The molecule has 0 bridgehead atoms. The SMILES string of the molecule is CC(c1ccncc1)C(N)c1ccc(OC(F)F)cc1. The number of ether oxygens (including phenoxy) is 1. The molecule has 2 rings (SSSR count). The summed E-state index contributed by atoms with van der Waals surface area (Å²) in [4.78, 5) is 3.97. The molecule has 1 aromatic heterocycles. The van der Waals surface area contributed by atoms with E-state index in [1.165, 1.54) is 12.1 Å². The molecular weight excluding hydrogens is 262 g/mol. The molecule has 2 aromatic rings. The number of rotatable bonds is 5. The Morgan fingerprint density at radius 3 is 2.15 bits per heavy atom. The van der Waals surface area contributed by atoms with E-state index in [-0.39, 0.29) is 17.7 Å². The molecule has 0 radical (unpaired) electrons. The summed E-state index contributed by atoms with van der Waals surface area (Å²) < 4.78 is 28.5. The van der Waals surface area contributed by atoms with Crippen LogP contribution in [0.15, 0.2) is 48.8 Å². The van der Waals surface area contributed by atoms with Crippen LogP contribution in [0.2, 0.25) is 0 Å². The molecule has 2 atom stereocenters. The lowest BCUT2D eigenvalue weighted by atomic mass is 9.90. The number of benzene rings is 1. The normalized spacial score (nSPS) is 14.1. The van der Waals surface area contributed by atoms with Gasteiger partial charge in [0.25, 0.3) is 0 Å². The number of nitrogens with zero attached hydrogens (tertiary/aromatic N) is 1. The number of pyridine rings is 1. The maximum absolute atomic E-state index is 12.1. The molecule has 0 saturated heterocycles. The predicted octanol–water partition coefficient (Wildman–Crippen LogP) is 3.49. The Kier molecular flexibility index (Phi) is 4.63. The van der Waals surface area contributed by atoms with Gasteiger partial charge in [0.05, 0.1) is 0 Å². The molecule has 3 nitrogen and oxygen atoms in total. The van der Waals surface area contributed by atoms with Crippen molar-refractivity contribution in [3.8, 4) is 5.75 Å². The average molecular weight is 278 g/mol. The third kappa shape index (κ3) is 3.51. The number of aromatic nitrogens is 1. The van der Waals surface area contributed by atoms with Gasteiger partial charge in [-0.15, -0.1) is 0 Å². The van der Waals surface area contributed by atoms with Crippen LogP contribution >= 0.6 is 0 Å². The van der Waals surface area contributed by atoms with Gasteiger partial charge in [-0.2, -0.15) is 8.78 Å². The fourth-order valence-electron chi connectivity index (χ4n) is 2.03. The molecule has 2 N–H and O–H groups in total. The highest BCUT2D eigenvalue weighted by atomic mass is 19.3. The van der Waals surface area contributed by atoms with Crippen LogP contribution in [0.1, 0.15) is 30.0 Å². The second kappa shape index (κ2) is 6.43. The van der Waals surface area contributed by atoms with E-state index in [2.05, 4.69) is 9.72 Å². The second-order valence-corrected chi connectivity index (χ2v) is 4.54. The fourth-order valence-corrected chi connectivity index (χ4v) is 2.03. The van der Waals surface area contributed by atoms with E-state index in [0.717, 1.165) is 11.1 Å². The first kappa shape index (κ1) is 14.4. The van der Waals surface area contributed by atoms with Gasteiger partial charge in [-0.3, -0.25) is 4.98 Å². The molecule has 1 heterocycles. The van der Waals surface area contributed by atoms with Gasteiger partial charge in [0.2, 0.25) is 0 Å². The maximum Gasteiger partial charge on any atom is 0.387 e. The van der Waals surface area contributed by atoms with Crippen molar-refractivity contribution >= 4 is 0 Å². The van der Waals surface area contributed by atoms with Crippen molar-refractivity contribution in [1.82, 2.24) is 4.98 Å². The van der Waals surface area contributed by atoms with Gasteiger partial charge in [-0.25, -0.2) is 0 Å². The summed E-state index contributed by atoms with van der Waals surface area (Å²) >= 11 is 0. The first-order valence-corrected chi connectivity index (χ1v) is 6.28. The first-order chi connectivity index (χ1) is 9.58. The summed E-state index contributed by atoms with van der Waals surface area (Å²) in [5.41, 5.74) is 8.17. The first-order valence-electron chi connectivity index (χ1n) is 6.28. The standard InChI is InChI=1S/C15H16F2N2O/c1-10(11-6-8-19-9-7-11)14(18)12-2-4-13(5-3-12)20-15(16)17/h2-10,14-15H,18H2,1H3. The lowest BCUT2D eigenvalue weighted by Gasteiger charge is -2.20. The predicted molar refractivity (Wildman–Crippen MR) is 72.7 cm³/mol. The van der Waals surface area contributed by atoms with Gasteiger partial charge in [-0.05, 0) is 35.4 Å². The quantitative estimate of drug-likeness (QED) is 0.910. The molecule has 20 heavy (non-hydrogen) atoms. The molecule has 0 saturated carbocycles. The van der Waals surface area contributed by atoms with E-state index in [4.69, 9.17) is 5.73 Å². The van der Waals surface area contributed by atoms with Gasteiger partial charge in [-0.1, -0.05) is 19.1 Å². The van der Waals surface area contributed by atoms with E-state index < -0.39 is 6.61 Å². The largest absolute Gasteiger partial charge is 0.435 e. The monoisotopic (exact) mass is 278 g/mol. The Morgan fingerprint density at radius 2 is 1.60 bits per heavy atom. The van der Waals surface area contributed by atoms with Crippen LogP contribution in [0.25, 0.3) is 0 Å². The van der Waals surface area contributed by atoms with Gasteiger partial charge >= 0.3 is 6.61 Å². The Bertz CT molecular complexity index is 531. The summed E-state index contributed by atoms with van der Waals surface area (Å²) in [7, 11) is 0. The topological polar surface area (TPSA) is 48.1 Å². The van der Waals surface area contributed by atoms with Crippen LogP contribution in [0.5, 0.6) is 5.75 Å². The minimum absolute atomic E-state index is 0.0971. The van der Waals surface area contributed by atoms with E-state index in [1.807, 2.05) is 19.1 Å². The van der Waals surface area contributed by atoms with Crippen molar-refractivity contribution in [3.05, 3.63) is 59.9 Å². The van der Waals surface area contributed by atoms with E-state index in [1.54, 1.807) is 24.5 Å². The molecule has 0 spiro atoms. The van der Waals surface area contributed by atoms with Crippen LogP contribution < -0.4 is 10.5 Å². The highest BCUT2D eigenvalue weighted by Gasteiger charge is 2.17. The van der Waals surface area contributed by atoms with Crippen molar-refractivity contribution in [1.29, 1.82) is 0 Å². The lowest BCUT2D eigenvalue weighted by molar-refractivity contribution is -0.0498. The molecule has 2 unspecified atom stereocenters. The number of nitrogens with two attached hydrogens (primary N) is 1. The molecule has 0 aliphatic rings. The Morgan fingerprint density at radius 1 is 1.00 bits per heavy atom. The summed E-state index contributed by atoms with van der Waals surface area (Å²) in [6, 6.07) is 10.0. The lowest BCUT2D eigenvalue weighted by Crippen LogP contribution is -2.17. The van der Waals surface area contributed by atoms with Crippen LogP contribution in [-0.4, -0.2) is 11.6 Å². The Labute approximate surface area is 116 Å². The highest BCUT2D eigenvalue weighted by Crippen LogP contribution is 2.29. The third-order valence-corrected chi connectivity index (χ3v) is 3.26. The van der Waals surface area contributed by atoms with Gasteiger partial charge in [0, 0.05) is 24.4 Å². The minimum Gasteiger partial charge on any atom is -0.435 e. The zero-order chi connectivity index (χ0) is 14.5. The van der Waals surface area contributed by atoms with Crippen molar-refractivity contribution < 1.29 is 13.5 Å². The number of hydrogen-bond acceptors (Lipinski definition) is 3. The molecule has 5 heteroatoms. The van der Waals surface area contributed by atoms with E-state index in [9.17, 15) is 8.78 Å². The fraction of sp³-hybridized carbons (Fsp3) is 0.267. The average Bonchev–Trinajstić information content (AvgIpc) is 2.47. The number of halogens is 2. The van der Waals surface area contributed by atoms with Crippen molar-refractivity contribution in [2.24, 2.45) is 5.73 Å².